The van der Waals surface area contributed by atoms with Crippen molar-refractivity contribution in [1.29, 1.82) is 0 Å². The van der Waals surface area contributed by atoms with Gasteiger partial charge in [-0.2, -0.15) is 0 Å². The third-order valence-corrected chi connectivity index (χ3v) is 3.39. The van der Waals surface area contributed by atoms with Gasteiger partial charge in [0, 0.05) is 25.7 Å². The van der Waals surface area contributed by atoms with Crippen molar-refractivity contribution in [1.82, 2.24) is 15.1 Å². The molecule has 106 valence electrons. The molecule has 0 aromatic rings. The minimum absolute atomic E-state index is 0.0243. The standard InChI is InChI=1S/C13H27N3O2/c1-5-6-16(8-7-15(3)4)13(17)11-9-18-10-12(11)14-2/h11-12,14H,5-10H2,1-4H3. The number of hydrogen-bond acceptors (Lipinski definition) is 4. The van der Waals surface area contributed by atoms with Gasteiger partial charge in [0.2, 0.25) is 5.91 Å². The lowest BCUT2D eigenvalue weighted by Crippen LogP contribution is -2.46. The number of likely N-dealkylation sites (N-methyl/N-ethyl adjacent to an activating group) is 2. The molecule has 1 amide bonds. The fraction of sp³-hybridized carbons (Fsp3) is 0.923. The molecule has 1 saturated heterocycles. The van der Waals surface area contributed by atoms with Crippen LogP contribution in [0, 0.1) is 5.92 Å². The first-order valence-electron chi connectivity index (χ1n) is 6.78. The van der Waals surface area contributed by atoms with E-state index in [0.717, 1.165) is 26.1 Å². The summed E-state index contributed by atoms with van der Waals surface area (Å²) in [7, 11) is 5.96. The molecular weight excluding hydrogens is 230 g/mol. The highest BCUT2D eigenvalue weighted by Gasteiger charge is 2.35. The maximum absolute atomic E-state index is 12.5. The van der Waals surface area contributed by atoms with Gasteiger partial charge < -0.3 is 19.9 Å². The monoisotopic (exact) mass is 257 g/mol. The Kier molecular flexibility index (Phi) is 6.60. The number of nitrogens with one attached hydrogen (secondary N) is 1. The third kappa shape index (κ3) is 4.23. The number of hydrogen-bond donors (Lipinski definition) is 1. The first kappa shape index (κ1) is 15.4. The number of carbonyl (C=O) groups is 1. The Hall–Kier alpha value is -0.650. The van der Waals surface area contributed by atoms with Gasteiger partial charge in [0.05, 0.1) is 19.1 Å². The van der Waals surface area contributed by atoms with Crippen LogP contribution >= 0.6 is 0 Å². The van der Waals surface area contributed by atoms with Crippen LogP contribution in [0.5, 0.6) is 0 Å². The molecule has 1 heterocycles. The van der Waals surface area contributed by atoms with Gasteiger partial charge in [-0.3, -0.25) is 4.79 Å². The molecule has 5 nitrogen and oxygen atoms in total. The normalized spacial score (nSPS) is 23.6. The van der Waals surface area contributed by atoms with E-state index < -0.39 is 0 Å². The predicted molar refractivity (Wildman–Crippen MR) is 72.6 cm³/mol. The first-order valence-corrected chi connectivity index (χ1v) is 6.78. The molecule has 0 bridgehead atoms. The van der Waals surface area contributed by atoms with Crippen molar-refractivity contribution >= 4 is 5.91 Å². The number of amides is 1. The van der Waals surface area contributed by atoms with Gasteiger partial charge >= 0.3 is 0 Å². The van der Waals surface area contributed by atoms with Crippen LogP contribution in [-0.4, -0.2) is 75.7 Å². The maximum Gasteiger partial charge on any atom is 0.229 e. The van der Waals surface area contributed by atoms with Crippen LogP contribution in [0.25, 0.3) is 0 Å². The molecule has 1 aliphatic heterocycles. The fourth-order valence-corrected chi connectivity index (χ4v) is 2.24. The van der Waals surface area contributed by atoms with Crippen molar-refractivity contribution in [2.45, 2.75) is 19.4 Å². The SMILES string of the molecule is CCCN(CCN(C)C)C(=O)C1COCC1NC. The van der Waals surface area contributed by atoms with Gasteiger partial charge in [-0.15, -0.1) is 0 Å². The van der Waals surface area contributed by atoms with Crippen molar-refractivity contribution in [2.24, 2.45) is 5.92 Å². The fourth-order valence-electron chi connectivity index (χ4n) is 2.24. The molecule has 0 saturated carbocycles. The van der Waals surface area contributed by atoms with E-state index in [4.69, 9.17) is 4.74 Å². The largest absolute Gasteiger partial charge is 0.379 e. The molecule has 18 heavy (non-hydrogen) atoms. The van der Waals surface area contributed by atoms with Gasteiger partial charge in [-0.25, -0.2) is 0 Å². The Morgan fingerprint density at radius 2 is 2.00 bits per heavy atom. The molecule has 2 atom stereocenters. The van der Waals surface area contributed by atoms with Gasteiger partial charge in [-0.1, -0.05) is 6.92 Å². The smallest absolute Gasteiger partial charge is 0.229 e. The molecule has 0 aromatic heterocycles. The minimum Gasteiger partial charge on any atom is -0.379 e. The quantitative estimate of drug-likeness (QED) is 0.698. The van der Waals surface area contributed by atoms with Crippen molar-refractivity contribution in [3.8, 4) is 0 Å². The van der Waals surface area contributed by atoms with Crippen molar-refractivity contribution in [3.05, 3.63) is 0 Å². The zero-order chi connectivity index (χ0) is 13.5. The van der Waals surface area contributed by atoms with Crippen molar-refractivity contribution in [3.63, 3.8) is 0 Å². The van der Waals surface area contributed by atoms with Crippen LogP contribution in [0.2, 0.25) is 0 Å². The molecule has 2 unspecified atom stereocenters. The summed E-state index contributed by atoms with van der Waals surface area (Å²) >= 11 is 0. The minimum atomic E-state index is -0.0243. The zero-order valence-corrected chi connectivity index (χ0v) is 12.1. The second kappa shape index (κ2) is 7.71. The Balaban J connectivity index is 2.57. The summed E-state index contributed by atoms with van der Waals surface area (Å²) < 4.78 is 5.42. The lowest BCUT2D eigenvalue weighted by molar-refractivity contribution is -0.136. The Labute approximate surface area is 110 Å². The Morgan fingerprint density at radius 3 is 2.56 bits per heavy atom. The van der Waals surface area contributed by atoms with Crippen molar-refractivity contribution < 1.29 is 9.53 Å². The highest BCUT2D eigenvalue weighted by Crippen LogP contribution is 2.16. The van der Waals surface area contributed by atoms with Gasteiger partial charge in [0.1, 0.15) is 0 Å². The summed E-state index contributed by atoms with van der Waals surface area (Å²) in [5, 5.41) is 3.17. The van der Waals surface area contributed by atoms with Gasteiger partial charge in [0.25, 0.3) is 0 Å². The highest BCUT2D eigenvalue weighted by atomic mass is 16.5. The van der Waals surface area contributed by atoms with E-state index in [1.165, 1.54) is 0 Å². The van der Waals surface area contributed by atoms with E-state index in [-0.39, 0.29) is 17.9 Å². The van der Waals surface area contributed by atoms with E-state index in [1.54, 1.807) is 0 Å². The summed E-state index contributed by atoms with van der Waals surface area (Å²) in [6.07, 6.45) is 0.997. The van der Waals surface area contributed by atoms with E-state index in [0.29, 0.717) is 13.2 Å². The second-order valence-electron chi connectivity index (χ2n) is 5.17. The molecule has 0 aliphatic carbocycles. The van der Waals surface area contributed by atoms with Crippen LogP contribution in [0.15, 0.2) is 0 Å². The highest BCUT2D eigenvalue weighted by molar-refractivity contribution is 5.80. The maximum atomic E-state index is 12.5. The van der Waals surface area contributed by atoms with Crippen LogP contribution in [0.1, 0.15) is 13.3 Å². The van der Waals surface area contributed by atoms with Crippen LogP contribution < -0.4 is 5.32 Å². The predicted octanol–water partition coefficient (Wildman–Crippen LogP) is 0.0210. The summed E-state index contributed by atoms with van der Waals surface area (Å²) in [4.78, 5) is 16.6. The first-order chi connectivity index (χ1) is 8.60. The van der Waals surface area contributed by atoms with Crippen LogP contribution in [0.3, 0.4) is 0 Å². The second-order valence-corrected chi connectivity index (χ2v) is 5.17. The average Bonchev–Trinajstić information content (AvgIpc) is 2.81. The number of nitrogens with zero attached hydrogens (tertiary/aromatic N) is 2. The van der Waals surface area contributed by atoms with Crippen LogP contribution in [-0.2, 0) is 9.53 Å². The average molecular weight is 257 g/mol. The number of carbonyl (C=O) groups excluding carboxylic acids is 1. The summed E-state index contributed by atoms with van der Waals surface area (Å²) in [5.41, 5.74) is 0. The molecule has 1 aliphatic rings. The van der Waals surface area contributed by atoms with Crippen molar-refractivity contribution in [2.75, 3.05) is 54.0 Å². The zero-order valence-electron chi connectivity index (χ0n) is 12.1. The summed E-state index contributed by atoms with van der Waals surface area (Å²) in [6.45, 7) is 5.83. The molecule has 1 rings (SSSR count). The van der Waals surface area contributed by atoms with Gasteiger partial charge in [-0.05, 0) is 27.6 Å². The van der Waals surface area contributed by atoms with Gasteiger partial charge in [0.15, 0.2) is 0 Å². The molecule has 0 radical (unpaired) electrons. The third-order valence-electron chi connectivity index (χ3n) is 3.39. The van der Waals surface area contributed by atoms with E-state index >= 15 is 0 Å². The number of ether oxygens (including phenoxy) is 1. The lowest BCUT2D eigenvalue weighted by Gasteiger charge is -2.28. The molecule has 1 fully saturated rings. The summed E-state index contributed by atoms with van der Waals surface area (Å²) in [6, 6.07) is 0.163. The Bertz CT molecular complexity index is 259. The van der Waals surface area contributed by atoms with E-state index in [9.17, 15) is 4.79 Å². The van der Waals surface area contributed by atoms with E-state index in [2.05, 4.69) is 17.1 Å². The lowest BCUT2D eigenvalue weighted by atomic mass is 10.0. The Morgan fingerprint density at radius 1 is 1.28 bits per heavy atom. The molecule has 5 heteroatoms. The topological polar surface area (TPSA) is 44.8 Å². The molecule has 0 spiro atoms. The van der Waals surface area contributed by atoms with Crippen LogP contribution in [0.4, 0.5) is 0 Å². The molecule has 0 aromatic carbocycles. The summed E-state index contributed by atoms with van der Waals surface area (Å²) in [5.74, 6) is 0.208. The van der Waals surface area contributed by atoms with E-state index in [1.807, 2.05) is 26.0 Å². The molecular formula is C13H27N3O2. The number of rotatable bonds is 7. The molecule has 1 N–H and O–H groups in total.